The van der Waals surface area contributed by atoms with Crippen molar-refractivity contribution in [3.05, 3.63) is 11.8 Å². The average molecular weight is 210 g/mol. The van der Waals surface area contributed by atoms with Crippen molar-refractivity contribution in [3.8, 4) is 0 Å². The molecule has 1 fully saturated rings. The van der Waals surface area contributed by atoms with E-state index in [9.17, 15) is 5.11 Å². The summed E-state index contributed by atoms with van der Waals surface area (Å²) < 4.78 is 5.30. The summed E-state index contributed by atoms with van der Waals surface area (Å²) in [5.41, 5.74) is 1.13. The van der Waals surface area contributed by atoms with Crippen LogP contribution in [0.5, 0.6) is 0 Å². The quantitative estimate of drug-likeness (QED) is 0.759. The molecule has 0 radical (unpaired) electrons. The van der Waals surface area contributed by atoms with E-state index in [1.165, 1.54) is 25.7 Å². The Morgan fingerprint density at radius 3 is 2.93 bits per heavy atom. The lowest BCUT2D eigenvalue weighted by molar-refractivity contribution is 0.0859. The molecule has 1 aliphatic carbocycles. The zero-order chi connectivity index (χ0) is 10.7. The number of ether oxygens (including phenoxy) is 1. The molecule has 2 aliphatic rings. The molecule has 0 amide bonds. The van der Waals surface area contributed by atoms with E-state index in [2.05, 4.69) is 6.92 Å². The first-order valence-corrected chi connectivity index (χ1v) is 6.26. The second-order valence-corrected chi connectivity index (χ2v) is 5.14. The molecule has 2 heteroatoms. The van der Waals surface area contributed by atoms with Gasteiger partial charge in [-0.05, 0) is 43.1 Å². The fourth-order valence-electron chi connectivity index (χ4n) is 2.87. The molecule has 1 N–H and O–H groups in total. The van der Waals surface area contributed by atoms with Crippen molar-refractivity contribution in [2.75, 3.05) is 6.61 Å². The molecule has 0 aromatic carbocycles. The Labute approximate surface area is 92.3 Å². The van der Waals surface area contributed by atoms with Gasteiger partial charge in [0.2, 0.25) is 0 Å². The van der Waals surface area contributed by atoms with Gasteiger partial charge in [-0.2, -0.15) is 0 Å². The maximum atomic E-state index is 10.3. The van der Waals surface area contributed by atoms with Gasteiger partial charge in [0.25, 0.3) is 0 Å². The molecule has 3 atom stereocenters. The minimum absolute atomic E-state index is 0.243. The van der Waals surface area contributed by atoms with E-state index in [4.69, 9.17) is 4.74 Å². The molecule has 86 valence electrons. The Morgan fingerprint density at radius 2 is 2.27 bits per heavy atom. The second-order valence-electron chi connectivity index (χ2n) is 5.14. The molecule has 0 bridgehead atoms. The SMILES string of the molecule is CC1CCCC(C(O)C2=COCCC2)C1. The summed E-state index contributed by atoms with van der Waals surface area (Å²) in [5.74, 6) is 1.25. The fourth-order valence-corrected chi connectivity index (χ4v) is 2.87. The van der Waals surface area contributed by atoms with Gasteiger partial charge in [0.1, 0.15) is 0 Å². The van der Waals surface area contributed by atoms with Crippen LogP contribution in [0.1, 0.15) is 45.4 Å². The van der Waals surface area contributed by atoms with Crippen LogP contribution in [0.15, 0.2) is 11.8 Å². The van der Waals surface area contributed by atoms with E-state index < -0.39 is 0 Å². The first-order chi connectivity index (χ1) is 7.27. The van der Waals surface area contributed by atoms with Crippen molar-refractivity contribution >= 4 is 0 Å². The van der Waals surface area contributed by atoms with Crippen molar-refractivity contribution in [2.45, 2.75) is 51.6 Å². The molecule has 1 heterocycles. The molecule has 2 nitrogen and oxygen atoms in total. The lowest BCUT2D eigenvalue weighted by Gasteiger charge is -2.32. The number of aliphatic hydroxyl groups is 1. The van der Waals surface area contributed by atoms with E-state index in [1.807, 2.05) is 0 Å². The highest BCUT2D eigenvalue weighted by atomic mass is 16.5. The molecular formula is C13H22O2. The largest absolute Gasteiger partial charge is 0.501 e. The second kappa shape index (κ2) is 5.02. The van der Waals surface area contributed by atoms with E-state index in [-0.39, 0.29) is 6.10 Å². The van der Waals surface area contributed by atoms with Crippen molar-refractivity contribution in [1.29, 1.82) is 0 Å². The van der Waals surface area contributed by atoms with Crippen LogP contribution in [0.25, 0.3) is 0 Å². The topological polar surface area (TPSA) is 29.5 Å². The van der Waals surface area contributed by atoms with E-state index in [1.54, 1.807) is 6.26 Å². The summed E-state index contributed by atoms with van der Waals surface area (Å²) in [6.07, 6.45) is 8.61. The van der Waals surface area contributed by atoms with E-state index >= 15 is 0 Å². The average Bonchev–Trinajstić information content (AvgIpc) is 2.29. The predicted octanol–water partition coefficient (Wildman–Crippen LogP) is 2.87. The number of hydrogen-bond donors (Lipinski definition) is 1. The third-order valence-corrected chi connectivity index (χ3v) is 3.77. The van der Waals surface area contributed by atoms with Crippen LogP contribution in [0, 0.1) is 11.8 Å². The van der Waals surface area contributed by atoms with Gasteiger partial charge in [0, 0.05) is 0 Å². The van der Waals surface area contributed by atoms with E-state index in [0.29, 0.717) is 5.92 Å². The maximum Gasteiger partial charge on any atom is 0.0876 e. The highest BCUT2D eigenvalue weighted by molar-refractivity contribution is 5.09. The van der Waals surface area contributed by atoms with Crippen LogP contribution in [0.3, 0.4) is 0 Å². The first kappa shape index (κ1) is 11.0. The van der Waals surface area contributed by atoms with Crippen LogP contribution < -0.4 is 0 Å². The van der Waals surface area contributed by atoms with Gasteiger partial charge in [0.15, 0.2) is 0 Å². The van der Waals surface area contributed by atoms with Gasteiger partial charge in [-0.25, -0.2) is 0 Å². The number of hydrogen-bond acceptors (Lipinski definition) is 2. The molecule has 1 saturated carbocycles. The first-order valence-electron chi connectivity index (χ1n) is 6.26. The summed E-state index contributed by atoms with van der Waals surface area (Å²) in [5, 5.41) is 10.3. The Hall–Kier alpha value is -0.500. The van der Waals surface area contributed by atoms with Crippen LogP contribution in [-0.2, 0) is 4.74 Å². The van der Waals surface area contributed by atoms with Crippen LogP contribution in [0.2, 0.25) is 0 Å². The summed E-state index contributed by atoms with van der Waals surface area (Å²) in [6.45, 7) is 3.11. The smallest absolute Gasteiger partial charge is 0.0876 e. The van der Waals surface area contributed by atoms with Crippen molar-refractivity contribution < 1.29 is 9.84 Å². The molecule has 0 spiro atoms. The molecule has 2 rings (SSSR count). The zero-order valence-electron chi connectivity index (χ0n) is 9.61. The predicted molar refractivity (Wildman–Crippen MR) is 60.4 cm³/mol. The van der Waals surface area contributed by atoms with Crippen LogP contribution >= 0.6 is 0 Å². The Morgan fingerprint density at radius 1 is 1.40 bits per heavy atom. The monoisotopic (exact) mass is 210 g/mol. The van der Waals surface area contributed by atoms with Crippen molar-refractivity contribution in [2.24, 2.45) is 11.8 Å². The minimum Gasteiger partial charge on any atom is -0.501 e. The highest BCUT2D eigenvalue weighted by Crippen LogP contribution is 2.34. The Kier molecular flexibility index (Phi) is 3.68. The molecular weight excluding hydrogens is 188 g/mol. The number of aliphatic hydroxyl groups excluding tert-OH is 1. The summed E-state index contributed by atoms with van der Waals surface area (Å²) in [4.78, 5) is 0. The van der Waals surface area contributed by atoms with Gasteiger partial charge in [0.05, 0.1) is 19.0 Å². The third-order valence-electron chi connectivity index (χ3n) is 3.77. The molecule has 0 saturated heterocycles. The molecule has 15 heavy (non-hydrogen) atoms. The van der Waals surface area contributed by atoms with Gasteiger partial charge in [-0.15, -0.1) is 0 Å². The molecule has 0 aromatic rings. The van der Waals surface area contributed by atoms with Gasteiger partial charge in [-0.1, -0.05) is 19.8 Å². The maximum absolute atomic E-state index is 10.3. The van der Waals surface area contributed by atoms with E-state index in [0.717, 1.165) is 30.9 Å². The molecule has 1 aliphatic heterocycles. The van der Waals surface area contributed by atoms with Crippen LogP contribution in [-0.4, -0.2) is 17.8 Å². The lowest BCUT2D eigenvalue weighted by Crippen LogP contribution is -2.28. The lowest BCUT2D eigenvalue weighted by atomic mass is 9.77. The van der Waals surface area contributed by atoms with Crippen molar-refractivity contribution in [1.82, 2.24) is 0 Å². The minimum atomic E-state index is -0.243. The summed E-state index contributed by atoms with van der Waals surface area (Å²) in [6, 6.07) is 0. The van der Waals surface area contributed by atoms with Gasteiger partial charge >= 0.3 is 0 Å². The highest BCUT2D eigenvalue weighted by Gasteiger charge is 2.28. The summed E-state index contributed by atoms with van der Waals surface area (Å²) >= 11 is 0. The van der Waals surface area contributed by atoms with Gasteiger partial charge in [-0.3, -0.25) is 0 Å². The molecule has 0 aromatic heterocycles. The normalized spacial score (nSPS) is 34.1. The van der Waals surface area contributed by atoms with Crippen molar-refractivity contribution in [3.63, 3.8) is 0 Å². The standard InChI is InChI=1S/C13H22O2/c1-10-4-2-5-11(8-10)13(14)12-6-3-7-15-9-12/h9-11,13-14H,2-8H2,1H3. The molecule has 3 unspecified atom stereocenters. The third kappa shape index (κ3) is 2.75. The zero-order valence-corrected chi connectivity index (χ0v) is 9.61. The Balaban J connectivity index is 1.93. The van der Waals surface area contributed by atoms with Gasteiger partial charge < -0.3 is 9.84 Å². The Bertz CT molecular complexity index is 235. The fraction of sp³-hybridized carbons (Fsp3) is 0.846. The number of rotatable bonds is 2. The summed E-state index contributed by atoms with van der Waals surface area (Å²) in [7, 11) is 0. The van der Waals surface area contributed by atoms with Crippen LogP contribution in [0.4, 0.5) is 0 Å².